The van der Waals surface area contributed by atoms with Crippen LogP contribution in [0, 0.1) is 5.82 Å². The van der Waals surface area contributed by atoms with Crippen LogP contribution in [0.2, 0.25) is 0 Å². The van der Waals surface area contributed by atoms with Crippen LogP contribution in [0.3, 0.4) is 0 Å². The molecule has 2 N–H and O–H groups in total. The number of hydrogen-bond donors (Lipinski definition) is 1. The highest BCUT2D eigenvalue weighted by Crippen LogP contribution is 2.10. The van der Waals surface area contributed by atoms with Gasteiger partial charge in [0.2, 0.25) is 5.91 Å². The fourth-order valence-corrected chi connectivity index (χ4v) is 1.40. The topological polar surface area (TPSA) is 55.6 Å². The maximum atomic E-state index is 12.6. The molecule has 0 aliphatic rings. The van der Waals surface area contributed by atoms with E-state index in [1.807, 2.05) is 0 Å². The molecule has 0 fully saturated rings. The molecule has 0 aromatic heterocycles. The molecule has 0 bridgehead atoms. The van der Waals surface area contributed by atoms with E-state index in [0.717, 1.165) is 0 Å². The van der Waals surface area contributed by atoms with Crippen LogP contribution in [0.1, 0.15) is 12.8 Å². The summed E-state index contributed by atoms with van der Waals surface area (Å²) in [7, 11) is 1.73. The summed E-state index contributed by atoms with van der Waals surface area (Å²) in [6.45, 7) is 1.41. The second-order valence-electron chi connectivity index (χ2n) is 4.01. The molecule has 0 aliphatic carbocycles. The van der Waals surface area contributed by atoms with Gasteiger partial charge in [-0.3, -0.25) is 4.79 Å². The Balaban J connectivity index is 0.00000324. The van der Waals surface area contributed by atoms with Gasteiger partial charge in [0.25, 0.3) is 0 Å². The van der Waals surface area contributed by atoms with Gasteiger partial charge in [0, 0.05) is 13.5 Å². The predicted octanol–water partition coefficient (Wildman–Crippen LogP) is 1.82. The monoisotopic (exact) mass is 290 g/mol. The molecular weight excluding hydrogens is 271 g/mol. The van der Waals surface area contributed by atoms with Crippen LogP contribution >= 0.6 is 12.4 Å². The number of amides is 1. The number of carbonyl (C=O) groups is 1. The van der Waals surface area contributed by atoms with Crippen LogP contribution < -0.4 is 10.5 Å². The summed E-state index contributed by atoms with van der Waals surface area (Å²) in [4.78, 5) is 13.2. The maximum absolute atomic E-state index is 12.6. The third kappa shape index (κ3) is 6.98. The first-order valence-corrected chi connectivity index (χ1v) is 5.96. The predicted molar refractivity (Wildman–Crippen MR) is 75.1 cm³/mol. The van der Waals surface area contributed by atoms with Crippen molar-refractivity contribution in [3.63, 3.8) is 0 Å². The van der Waals surface area contributed by atoms with E-state index in [0.29, 0.717) is 38.3 Å². The van der Waals surface area contributed by atoms with E-state index >= 15 is 0 Å². The van der Waals surface area contributed by atoms with Crippen molar-refractivity contribution in [1.29, 1.82) is 0 Å². The van der Waals surface area contributed by atoms with E-state index in [2.05, 4.69) is 0 Å². The molecule has 1 aromatic rings. The summed E-state index contributed by atoms with van der Waals surface area (Å²) >= 11 is 0. The van der Waals surface area contributed by atoms with E-state index < -0.39 is 0 Å². The second-order valence-corrected chi connectivity index (χ2v) is 4.01. The van der Waals surface area contributed by atoms with E-state index in [-0.39, 0.29) is 24.1 Å². The maximum Gasteiger partial charge on any atom is 0.222 e. The van der Waals surface area contributed by atoms with Gasteiger partial charge in [-0.1, -0.05) is 0 Å². The van der Waals surface area contributed by atoms with Gasteiger partial charge in [-0.05, 0) is 37.2 Å². The SMILES string of the molecule is CN(CCOc1ccc(F)cc1)C(=O)CCCN.Cl. The number of ether oxygens (including phenoxy) is 1. The average molecular weight is 291 g/mol. The van der Waals surface area contributed by atoms with Gasteiger partial charge < -0.3 is 15.4 Å². The molecule has 19 heavy (non-hydrogen) atoms. The highest BCUT2D eigenvalue weighted by Gasteiger charge is 2.07. The molecular formula is C13H20ClFN2O2. The first kappa shape index (κ1) is 17.7. The number of halogens is 2. The molecule has 6 heteroatoms. The Bertz CT molecular complexity index is 373. The van der Waals surface area contributed by atoms with Crippen LogP contribution in [0.15, 0.2) is 24.3 Å². The molecule has 0 unspecified atom stereocenters. The van der Waals surface area contributed by atoms with Crippen LogP contribution in [0.25, 0.3) is 0 Å². The summed E-state index contributed by atoms with van der Waals surface area (Å²) in [6, 6.07) is 5.80. The molecule has 0 saturated heterocycles. The van der Waals surface area contributed by atoms with Crippen molar-refractivity contribution in [3.05, 3.63) is 30.1 Å². The average Bonchev–Trinajstić information content (AvgIpc) is 2.38. The molecule has 4 nitrogen and oxygen atoms in total. The zero-order valence-electron chi connectivity index (χ0n) is 11.0. The smallest absolute Gasteiger partial charge is 0.222 e. The van der Waals surface area contributed by atoms with Crippen LogP contribution in [-0.4, -0.2) is 37.6 Å². The van der Waals surface area contributed by atoms with Crippen molar-refractivity contribution in [2.75, 3.05) is 26.7 Å². The fourth-order valence-electron chi connectivity index (χ4n) is 1.40. The molecule has 0 saturated carbocycles. The first-order chi connectivity index (χ1) is 8.63. The zero-order chi connectivity index (χ0) is 13.4. The van der Waals surface area contributed by atoms with Crippen molar-refractivity contribution < 1.29 is 13.9 Å². The van der Waals surface area contributed by atoms with Gasteiger partial charge in [0.1, 0.15) is 18.2 Å². The lowest BCUT2D eigenvalue weighted by Crippen LogP contribution is -2.31. The van der Waals surface area contributed by atoms with Crippen LogP contribution in [0.5, 0.6) is 5.75 Å². The minimum Gasteiger partial charge on any atom is -0.492 e. The zero-order valence-corrected chi connectivity index (χ0v) is 11.8. The summed E-state index contributed by atoms with van der Waals surface area (Å²) in [5.74, 6) is 0.360. The third-order valence-corrected chi connectivity index (χ3v) is 2.53. The lowest BCUT2D eigenvalue weighted by atomic mass is 10.3. The largest absolute Gasteiger partial charge is 0.492 e. The highest BCUT2D eigenvalue weighted by atomic mass is 35.5. The molecule has 0 heterocycles. The van der Waals surface area contributed by atoms with Crippen molar-refractivity contribution >= 4 is 18.3 Å². The summed E-state index contributed by atoms with van der Waals surface area (Å²) in [5, 5.41) is 0. The molecule has 1 amide bonds. The lowest BCUT2D eigenvalue weighted by Gasteiger charge is -2.17. The number of nitrogens with two attached hydrogens (primary N) is 1. The summed E-state index contributed by atoms with van der Waals surface area (Å²) in [6.07, 6.45) is 1.16. The second kappa shape index (κ2) is 9.58. The fraction of sp³-hybridized carbons (Fsp3) is 0.462. The highest BCUT2D eigenvalue weighted by molar-refractivity contribution is 5.85. The van der Waals surface area contributed by atoms with E-state index in [4.69, 9.17) is 10.5 Å². The van der Waals surface area contributed by atoms with Crippen molar-refractivity contribution in [3.8, 4) is 5.75 Å². The van der Waals surface area contributed by atoms with Crippen molar-refractivity contribution in [2.24, 2.45) is 5.73 Å². The normalized spacial score (nSPS) is 9.63. The van der Waals surface area contributed by atoms with Gasteiger partial charge in [-0.2, -0.15) is 0 Å². The van der Waals surface area contributed by atoms with Gasteiger partial charge in [-0.15, -0.1) is 12.4 Å². The molecule has 1 rings (SSSR count). The number of rotatable bonds is 7. The molecule has 1 aromatic carbocycles. The molecule has 108 valence electrons. The number of hydrogen-bond acceptors (Lipinski definition) is 3. The quantitative estimate of drug-likeness (QED) is 0.833. The third-order valence-electron chi connectivity index (χ3n) is 2.53. The van der Waals surface area contributed by atoms with Crippen molar-refractivity contribution in [1.82, 2.24) is 4.90 Å². The first-order valence-electron chi connectivity index (χ1n) is 5.96. The Hall–Kier alpha value is -1.33. The Morgan fingerprint density at radius 2 is 2.00 bits per heavy atom. The molecule has 0 spiro atoms. The lowest BCUT2D eigenvalue weighted by molar-refractivity contribution is -0.130. The van der Waals surface area contributed by atoms with Crippen molar-refractivity contribution in [2.45, 2.75) is 12.8 Å². The number of likely N-dealkylation sites (N-methyl/N-ethyl adjacent to an activating group) is 1. The van der Waals surface area contributed by atoms with Gasteiger partial charge >= 0.3 is 0 Å². The number of nitrogens with zero attached hydrogens (tertiary/aromatic N) is 1. The van der Waals surface area contributed by atoms with Gasteiger partial charge in [-0.25, -0.2) is 4.39 Å². The molecule has 0 radical (unpaired) electrons. The van der Waals surface area contributed by atoms with E-state index in [9.17, 15) is 9.18 Å². The Morgan fingerprint density at radius 1 is 1.37 bits per heavy atom. The minimum atomic E-state index is -0.295. The Kier molecular flexibility index (Phi) is 8.91. The summed E-state index contributed by atoms with van der Waals surface area (Å²) < 4.78 is 18.0. The summed E-state index contributed by atoms with van der Waals surface area (Å²) in [5.41, 5.74) is 5.34. The van der Waals surface area contributed by atoms with Crippen LogP contribution in [0.4, 0.5) is 4.39 Å². The minimum absolute atomic E-state index is 0. The molecule has 0 aliphatic heterocycles. The number of carbonyl (C=O) groups excluding carboxylic acids is 1. The van der Waals surface area contributed by atoms with Gasteiger partial charge in [0.05, 0.1) is 6.54 Å². The van der Waals surface area contributed by atoms with Crippen LogP contribution in [-0.2, 0) is 4.79 Å². The molecule has 0 atom stereocenters. The van der Waals surface area contributed by atoms with Gasteiger partial charge in [0.15, 0.2) is 0 Å². The van der Waals surface area contributed by atoms with E-state index in [1.54, 1.807) is 24.1 Å². The Labute approximate surface area is 119 Å². The standard InChI is InChI=1S/C13H19FN2O2.ClH/c1-16(13(17)3-2-8-15)9-10-18-12-6-4-11(14)5-7-12;/h4-7H,2-3,8-10,15H2,1H3;1H. The Morgan fingerprint density at radius 3 is 2.58 bits per heavy atom. The number of benzene rings is 1. The van der Waals surface area contributed by atoms with E-state index in [1.165, 1.54) is 12.1 Å².